The first-order chi connectivity index (χ1) is 19.7. The first kappa shape index (κ1) is 31.3. The third-order valence-electron chi connectivity index (χ3n) is 6.90. The summed E-state index contributed by atoms with van der Waals surface area (Å²) in [6, 6.07) is 16.4. The second-order valence-electron chi connectivity index (χ2n) is 10.2. The SMILES string of the molecule is CCCCOC(=O)CCCCCOc1c2ccccc2c(OCCCCCC(=O)OCCCC)c2ccccc12. The predicted molar refractivity (Wildman–Crippen MR) is 161 cm³/mol. The molecular formula is C34H46O6. The molecule has 0 aliphatic heterocycles. The summed E-state index contributed by atoms with van der Waals surface area (Å²) in [7, 11) is 0. The highest BCUT2D eigenvalue weighted by molar-refractivity contribution is 6.11. The average Bonchev–Trinajstić information content (AvgIpc) is 2.97. The molecule has 0 atom stereocenters. The third kappa shape index (κ3) is 10.0. The van der Waals surface area contributed by atoms with Crippen molar-refractivity contribution < 1.29 is 28.5 Å². The van der Waals surface area contributed by atoms with Gasteiger partial charge in [-0.05, 0) is 51.4 Å². The van der Waals surface area contributed by atoms with Gasteiger partial charge in [-0.2, -0.15) is 0 Å². The smallest absolute Gasteiger partial charge is 0.305 e. The molecule has 0 aliphatic carbocycles. The van der Waals surface area contributed by atoms with Gasteiger partial charge >= 0.3 is 11.9 Å². The number of carbonyl (C=O) groups excluding carboxylic acids is 2. The lowest BCUT2D eigenvalue weighted by molar-refractivity contribution is -0.144. The summed E-state index contributed by atoms with van der Waals surface area (Å²) in [6.45, 7) is 6.38. The van der Waals surface area contributed by atoms with Gasteiger partial charge in [-0.3, -0.25) is 9.59 Å². The Bertz CT molecular complexity index is 1040. The summed E-state index contributed by atoms with van der Waals surface area (Å²) >= 11 is 0. The standard InChI is InChI=1S/C34H46O6/c1-3-5-23-37-31(35)21-9-7-15-25-39-33-27-17-11-13-19-29(27)34(30-20-14-12-18-28(30)33)40-26-16-8-10-22-32(36)38-24-6-4-2/h11-14,17-20H,3-10,15-16,21-26H2,1-2H3. The largest absolute Gasteiger partial charge is 0.492 e. The minimum atomic E-state index is -0.105. The number of unbranched alkanes of at least 4 members (excludes halogenated alkanes) is 6. The van der Waals surface area contributed by atoms with Gasteiger partial charge in [0.25, 0.3) is 0 Å². The number of hydrogen-bond acceptors (Lipinski definition) is 6. The Hall–Kier alpha value is -3.28. The molecule has 3 aromatic rings. The van der Waals surface area contributed by atoms with Crippen LogP contribution < -0.4 is 9.47 Å². The van der Waals surface area contributed by atoms with E-state index in [0.29, 0.717) is 39.3 Å². The van der Waals surface area contributed by atoms with Gasteiger partial charge in [-0.15, -0.1) is 0 Å². The maximum atomic E-state index is 11.8. The second-order valence-corrected chi connectivity index (χ2v) is 10.2. The second kappa shape index (κ2) is 18.1. The van der Waals surface area contributed by atoms with E-state index in [1.165, 1.54) is 0 Å². The van der Waals surface area contributed by atoms with Crippen LogP contribution in [0.25, 0.3) is 21.5 Å². The van der Waals surface area contributed by atoms with Gasteiger partial charge in [0.2, 0.25) is 0 Å². The van der Waals surface area contributed by atoms with Crippen LogP contribution in [-0.4, -0.2) is 38.4 Å². The Morgan fingerprint density at radius 1 is 0.500 bits per heavy atom. The molecular weight excluding hydrogens is 504 g/mol. The summed E-state index contributed by atoms with van der Waals surface area (Å²) < 4.78 is 23.2. The summed E-state index contributed by atoms with van der Waals surface area (Å²) in [5.74, 6) is 1.54. The maximum absolute atomic E-state index is 11.8. The van der Waals surface area contributed by atoms with Crippen LogP contribution in [0.2, 0.25) is 0 Å². The quantitative estimate of drug-likeness (QED) is 0.0797. The monoisotopic (exact) mass is 550 g/mol. The lowest BCUT2D eigenvalue weighted by atomic mass is 10.0. The van der Waals surface area contributed by atoms with E-state index in [4.69, 9.17) is 18.9 Å². The molecule has 0 unspecified atom stereocenters. The highest BCUT2D eigenvalue weighted by atomic mass is 16.5. The van der Waals surface area contributed by atoms with Crippen LogP contribution in [0.3, 0.4) is 0 Å². The summed E-state index contributed by atoms with van der Waals surface area (Å²) in [5, 5.41) is 4.13. The molecule has 0 saturated heterocycles. The Labute approximate surface area is 239 Å². The molecule has 0 aliphatic rings. The van der Waals surface area contributed by atoms with E-state index in [2.05, 4.69) is 38.1 Å². The number of ether oxygens (including phenoxy) is 4. The highest BCUT2D eigenvalue weighted by Gasteiger charge is 2.16. The van der Waals surface area contributed by atoms with Crippen molar-refractivity contribution in [3.63, 3.8) is 0 Å². The molecule has 6 nitrogen and oxygen atoms in total. The van der Waals surface area contributed by atoms with Gasteiger partial charge in [0.15, 0.2) is 0 Å². The van der Waals surface area contributed by atoms with E-state index < -0.39 is 0 Å². The van der Waals surface area contributed by atoms with E-state index in [9.17, 15) is 9.59 Å². The van der Waals surface area contributed by atoms with Crippen LogP contribution in [-0.2, 0) is 19.1 Å². The minimum absolute atomic E-state index is 0.105. The fraction of sp³-hybridized carbons (Fsp3) is 0.529. The van der Waals surface area contributed by atoms with Crippen molar-refractivity contribution in [2.75, 3.05) is 26.4 Å². The van der Waals surface area contributed by atoms with E-state index in [1.54, 1.807) is 0 Å². The molecule has 0 saturated carbocycles. The van der Waals surface area contributed by atoms with Crippen molar-refractivity contribution in [3.05, 3.63) is 48.5 Å². The van der Waals surface area contributed by atoms with Crippen LogP contribution in [0.15, 0.2) is 48.5 Å². The number of benzene rings is 3. The van der Waals surface area contributed by atoms with Crippen molar-refractivity contribution >= 4 is 33.5 Å². The van der Waals surface area contributed by atoms with E-state index in [1.807, 2.05) is 24.3 Å². The van der Waals surface area contributed by atoms with Crippen LogP contribution >= 0.6 is 0 Å². The van der Waals surface area contributed by atoms with Crippen molar-refractivity contribution in [1.29, 1.82) is 0 Å². The van der Waals surface area contributed by atoms with Crippen molar-refractivity contribution in [2.45, 2.75) is 90.9 Å². The molecule has 3 rings (SSSR count). The zero-order chi connectivity index (χ0) is 28.4. The average molecular weight is 551 g/mol. The van der Waals surface area contributed by atoms with Gasteiger partial charge in [-0.25, -0.2) is 0 Å². The van der Waals surface area contributed by atoms with E-state index in [-0.39, 0.29) is 11.9 Å². The third-order valence-corrected chi connectivity index (χ3v) is 6.90. The summed E-state index contributed by atoms with van der Waals surface area (Å²) in [5.41, 5.74) is 0. The molecule has 6 heteroatoms. The molecule has 0 heterocycles. The lowest BCUT2D eigenvalue weighted by Crippen LogP contribution is -2.06. The van der Waals surface area contributed by atoms with Crippen molar-refractivity contribution in [3.8, 4) is 11.5 Å². The summed E-state index contributed by atoms with van der Waals surface area (Å²) in [6.07, 6.45) is 10.0. The summed E-state index contributed by atoms with van der Waals surface area (Å²) in [4.78, 5) is 23.6. The fourth-order valence-electron chi connectivity index (χ4n) is 4.61. The van der Waals surface area contributed by atoms with Crippen LogP contribution in [0, 0.1) is 0 Å². The van der Waals surface area contributed by atoms with Crippen LogP contribution in [0.5, 0.6) is 11.5 Å². The zero-order valence-electron chi connectivity index (χ0n) is 24.4. The predicted octanol–water partition coefficient (Wildman–Crippen LogP) is 8.56. The molecule has 0 radical (unpaired) electrons. The maximum Gasteiger partial charge on any atom is 0.305 e. The van der Waals surface area contributed by atoms with Crippen LogP contribution in [0.1, 0.15) is 90.9 Å². The number of fused-ring (bicyclic) bond motifs is 2. The van der Waals surface area contributed by atoms with Crippen molar-refractivity contribution in [1.82, 2.24) is 0 Å². The Kier molecular flexibility index (Phi) is 14.2. The van der Waals surface area contributed by atoms with Gasteiger partial charge < -0.3 is 18.9 Å². The minimum Gasteiger partial charge on any atom is -0.492 e. The van der Waals surface area contributed by atoms with Gasteiger partial charge in [-0.1, -0.05) is 75.2 Å². The molecule has 0 amide bonds. The van der Waals surface area contributed by atoms with E-state index >= 15 is 0 Å². The molecule has 0 fully saturated rings. The van der Waals surface area contributed by atoms with Gasteiger partial charge in [0, 0.05) is 34.4 Å². The normalized spacial score (nSPS) is 11.1. The van der Waals surface area contributed by atoms with E-state index in [0.717, 1.165) is 97.3 Å². The molecule has 0 N–H and O–H groups in total. The molecule has 0 bridgehead atoms. The lowest BCUT2D eigenvalue weighted by Gasteiger charge is -2.18. The van der Waals surface area contributed by atoms with Crippen LogP contribution in [0.4, 0.5) is 0 Å². The number of hydrogen-bond donors (Lipinski definition) is 0. The Balaban J connectivity index is 1.55. The van der Waals surface area contributed by atoms with Crippen molar-refractivity contribution in [2.24, 2.45) is 0 Å². The molecule has 40 heavy (non-hydrogen) atoms. The highest BCUT2D eigenvalue weighted by Crippen LogP contribution is 2.42. The molecule has 0 aromatic heterocycles. The fourth-order valence-corrected chi connectivity index (χ4v) is 4.61. The molecule has 218 valence electrons. The zero-order valence-corrected chi connectivity index (χ0v) is 24.4. The Morgan fingerprint density at radius 2 is 0.875 bits per heavy atom. The number of rotatable bonds is 20. The molecule has 3 aromatic carbocycles. The first-order valence-corrected chi connectivity index (χ1v) is 15.2. The molecule has 0 spiro atoms. The van der Waals surface area contributed by atoms with Gasteiger partial charge in [0.1, 0.15) is 11.5 Å². The van der Waals surface area contributed by atoms with Gasteiger partial charge in [0.05, 0.1) is 26.4 Å². The number of carbonyl (C=O) groups is 2. The number of esters is 2. The first-order valence-electron chi connectivity index (χ1n) is 15.2. The Morgan fingerprint density at radius 3 is 1.23 bits per heavy atom. The topological polar surface area (TPSA) is 71.1 Å².